The Hall–Kier alpha value is -0.290. The molecule has 0 aromatic heterocycles. The fourth-order valence-corrected chi connectivity index (χ4v) is 3.01. The number of carbonyl (C=O) groups excluding carboxylic acids is 1. The lowest BCUT2D eigenvalue weighted by atomic mass is 9.93. The molecule has 1 fully saturated rings. The Kier molecular flexibility index (Phi) is 8.03. The molecule has 1 amide bonds. The summed E-state index contributed by atoms with van der Waals surface area (Å²) in [5.41, 5.74) is 0.673. The molecule has 0 aliphatic carbocycles. The summed E-state index contributed by atoms with van der Waals surface area (Å²) < 4.78 is 0.821. The number of rotatable bonds is 4. The second-order valence-electron chi connectivity index (χ2n) is 5.26. The third kappa shape index (κ3) is 5.13. The molecule has 0 atom stereocenters. The third-order valence-electron chi connectivity index (χ3n) is 3.87. The van der Waals surface area contributed by atoms with Crippen LogP contribution in [-0.4, -0.2) is 37.5 Å². The van der Waals surface area contributed by atoms with Crippen molar-refractivity contribution in [3.05, 3.63) is 33.3 Å². The summed E-state index contributed by atoms with van der Waals surface area (Å²) in [6, 6.07) is 5.39. The number of amides is 1. The van der Waals surface area contributed by atoms with Gasteiger partial charge in [0.25, 0.3) is 5.91 Å². The summed E-state index contributed by atoms with van der Waals surface area (Å²) in [5.74, 6) is 0.825. The van der Waals surface area contributed by atoms with Gasteiger partial charge in [0.1, 0.15) is 0 Å². The maximum absolute atomic E-state index is 12.4. The number of piperidine rings is 1. The van der Waals surface area contributed by atoms with E-state index < -0.39 is 0 Å². The number of nitrogens with one attached hydrogen (secondary N) is 1. The molecule has 1 aromatic carbocycles. The van der Waals surface area contributed by atoms with Crippen molar-refractivity contribution in [3.8, 4) is 0 Å². The van der Waals surface area contributed by atoms with Crippen LogP contribution in [0.15, 0.2) is 22.7 Å². The Morgan fingerprint density at radius 2 is 2.10 bits per heavy atom. The molecule has 6 heteroatoms. The number of hydrogen-bond donors (Lipinski definition) is 1. The van der Waals surface area contributed by atoms with Crippen LogP contribution in [0.25, 0.3) is 0 Å². The van der Waals surface area contributed by atoms with Crippen molar-refractivity contribution in [2.75, 3.05) is 26.7 Å². The average Bonchev–Trinajstić information content (AvgIpc) is 2.48. The van der Waals surface area contributed by atoms with Crippen LogP contribution in [0.1, 0.15) is 29.6 Å². The van der Waals surface area contributed by atoms with E-state index in [1.165, 1.54) is 6.42 Å². The van der Waals surface area contributed by atoms with Crippen LogP contribution in [0.3, 0.4) is 0 Å². The molecule has 1 saturated heterocycles. The molecule has 1 heterocycles. The summed E-state index contributed by atoms with van der Waals surface area (Å²) >= 11 is 9.40. The summed E-state index contributed by atoms with van der Waals surface area (Å²) in [7, 11) is 1.98. The zero-order valence-corrected chi connectivity index (χ0v) is 15.2. The lowest BCUT2D eigenvalue weighted by Crippen LogP contribution is -2.38. The van der Waals surface area contributed by atoms with Gasteiger partial charge in [-0.25, -0.2) is 0 Å². The molecule has 118 valence electrons. The predicted octanol–water partition coefficient (Wildman–Crippen LogP) is 3.99. The fraction of sp³-hybridized carbons (Fsp3) is 0.533. The average molecular weight is 396 g/mol. The maximum Gasteiger partial charge on any atom is 0.253 e. The zero-order valence-electron chi connectivity index (χ0n) is 12.1. The minimum absolute atomic E-state index is 0. The van der Waals surface area contributed by atoms with Crippen molar-refractivity contribution >= 4 is 45.8 Å². The van der Waals surface area contributed by atoms with Crippen molar-refractivity contribution in [1.29, 1.82) is 0 Å². The predicted molar refractivity (Wildman–Crippen MR) is 93.6 cm³/mol. The van der Waals surface area contributed by atoms with Gasteiger partial charge < -0.3 is 10.2 Å². The van der Waals surface area contributed by atoms with Gasteiger partial charge >= 0.3 is 0 Å². The van der Waals surface area contributed by atoms with Gasteiger partial charge in [0.2, 0.25) is 0 Å². The molecule has 1 aliphatic heterocycles. The molecule has 2 rings (SSSR count). The molecule has 0 unspecified atom stereocenters. The smallest absolute Gasteiger partial charge is 0.253 e. The van der Waals surface area contributed by atoms with Crippen molar-refractivity contribution in [1.82, 2.24) is 10.2 Å². The number of halogens is 3. The van der Waals surface area contributed by atoms with Crippen molar-refractivity contribution in [2.45, 2.75) is 19.3 Å². The fourth-order valence-electron chi connectivity index (χ4n) is 2.58. The Bertz CT molecular complexity index is 477. The molecule has 1 aliphatic rings. The van der Waals surface area contributed by atoms with E-state index in [0.717, 1.165) is 42.9 Å². The third-order valence-corrected chi connectivity index (χ3v) is 5.10. The standard InChI is InChI=1S/C15H20BrClN2O.ClH/c1-18-7-4-11-5-8-19(9-6-11)15(20)12-2-3-13(16)14(17)10-12;/h2-3,10-11,18H,4-9H2,1H3;1H. The zero-order chi connectivity index (χ0) is 14.5. The summed E-state index contributed by atoms with van der Waals surface area (Å²) in [5, 5.41) is 3.77. The van der Waals surface area contributed by atoms with Gasteiger partial charge in [-0.3, -0.25) is 4.79 Å². The van der Waals surface area contributed by atoms with Gasteiger partial charge in [-0.2, -0.15) is 0 Å². The molecule has 0 bridgehead atoms. The molecule has 21 heavy (non-hydrogen) atoms. The molecule has 0 spiro atoms. The van der Waals surface area contributed by atoms with E-state index >= 15 is 0 Å². The second kappa shape index (κ2) is 8.99. The first-order valence-electron chi connectivity index (χ1n) is 7.00. The van der Waals surface area contributed by atoms with E-state index in [0.29, 0.717) is 10.6 Å². The monoisotopic (exact) mass is 394 g/mol. The van der Waals surface area contributed by atoms with Crippen LogP contribution in [0.4, 0.5) is 0 Å². The SMILES string of the molecule is CNCCC1CCN(C(=O)c2ccc(Br)c(Cl)c2)CC1.Cl. The van der Waals surface area contributed by atoms with Gasteiger partial charge in [0.05, 0.1) is 5.02 Å². The first-order chi connectivity index (χ1) is 9.61. The minimum atomic E-state index is 0. The largest absolute Gasteiger partial charge is 0.339 e. The highest BCUT2D eigenvalue weighted by Gasteiger charge is 2.23. The van der Waals surface area contributed by atoms with E-state index in [-0.39, 0.29) is 18.3 Å². The van der Waals surface area contributed by atoms with Gasteiger partial charge in [-0.05, 0) is 72.9 Å². The highest BCUT2D eigenvalue weighted by molar-refractivity contribution is 9.10. The number of benzene rings is 1. The van der Waals surface area contributed by atoms with Gasteiger partial charge in [0, 0.05) is 23.1 Å². The molecular formula is C15H21BrCl2N2O. The number of carbonyl (C=O) groups is 1. The Morgan fingerprint density at radius 3 is 2.67 bits per heavy atom. The second-order valence-corrected chi connectivity index (χ2v) is 6.52. The van der Waals surface area contributed by atoms with Crippen LogP contribution in [-0.2, 0) is 0 Å². The summed E-state index contributed by atoms with van der Waals surface area (Å²) in [6.07, 6.45) is 3.39. The number of likely N-dealkylation sites (tertiary alicyclic amines) is 1. The summed E-state index contributed by atoms with van der Waals surface area (Å²) in [4.78, 5) is 14.4. The molecular weight excluding hydrogens is 375 g/mol. The van der Waals surface area contributed by atoms with Crippen molar-refractivity contribution in [2.24, 2.45) is 5.92 Å². The molecule has 0 radical (unpaired) electrons. The molecule has 1 aromatic rings. The van der Waals surface area contributed by atoms with Gasteiger partial charge in [-0.15, -0.1) is 12.4 Å². The molecule has 1 N–H and O–H groups in total. The van der Waals surface area contributed by atoms with Crippen LogP contribution in [0.5, 0.6) is 0 Å². The quantitative estimate of drug-likeness (QED) is 0.835. The molecule has 0 saturated carbocycles. The van der Waals surface area contributed by atoms with Gasteiger partial charge in [-0.1, -0.05) is 11.6 Å². The highest BCUT2D eigenvalue weighted by Crippen LogP contribution is 2.25. The Labute approximate surface area is 146 Å². The van der Waals surface area contributed by atoms with Gasteiger partial charge in [0.15, 0.2) is 0 Å². The van der Waals surface area contributed by atoms with Crippen LogP contribution in [0.2, 0.25) is 5.02 Å². The van der Waals surface area contributed by atoms with E-state index in [2.05, 4.69) is 21.2 Å². The minimum Gasteiger partial charge on any atom is -0.339 e. The Morgan fingerprint density at radius 1 is 1.43 bits per heavy atom. The normalized spacial score (nSPS) is 15.7. The molecule has 3 nitrogen and oxygen atoms in total. The van der Waals surface area contributed by atoms with Crippen LogP contribution in [0, 0.1) is 5.92 Å². The summed E-state index contributed by atoms with van der Waals surface area (Å²) in [6.45, 7) is 2.75. The van der Waals surface area contributed by atoms with Crippen LogP contribution >= 0.6 is 39.9 Å². The number of nitrogens with zero attached hydrogens (tertiary/aromatic N) is 1. The van der Waals surface area contributed by atoms with E-state index in [1.54, 1.807) is 6.07 Å². The van der Waals surface area contributed by atoms with E-state index in [1.807, 2.05) is 24.1 Å². The van der Waals surface area contributed by atoms with E-state index in [9.17, 15) is 4.79 Å². The lowest BCUT2D eigenvalue weighted by molar-refractivity contribution is 0.0687. The van der Waals surface area contributed by atoms with Crippen LogP contribution < -0.4 is 5.32 Å². The van der Waals surface area contributed by atoms with E-state index in [4.69, 9.17) is 11.6 Å². The highest BCUT2D eigenvalue weighted by atomic mass is 79.9. The topological polar surface area (TPSA) is 32.3 Å². The number of hydrogen-bond acceptors (Lipinski definition) is 2. The first-order valence-corrected chi connectivity index (χ1v) is 8.18. The van der Waals surface area contributed by atoms with Crippen molar-refractivity contribution < 1.29 is 4.79 Å². The van der Waals surface area contributed by atoms with Crippen molar-refractivity contribution in [3.63, 3.8) is 0 Å². The first kappa shape index (κ1) is 18.8. The Balaban J connectivity index is 0.00000220. The lowest BCUT2D eigenvalue weighted by Gasteiger charge is -2.32. The maximum atomic E-state index is 12.4.